The van der Waals surface area contributed by atoms with Crippen LogP contribution in [0, 0.1) is 0 Å². The lowest BCUT2D eigenvalue weighted by atomic mass is 10.0. The van der Waals surface area contributed by atoms with Crippen molar-refractivity contribution in [1.82, 2.24) is 5.01 Å². The molecule has 2 heterocycles. The summed E-state index contributed by atoms with van der Waals surface area (Å²) in [5, 5.41) is 16.7. The lowest BCUT2D eigenvalue weighted by molar-refractivity contribution is -0.141. The van der Waals surface area contributed by atoms with Crippen LogP contribution in [0.15, 0.2) is 46.9 Å². The number of carbonyl (C=O) groups is 2. The highest BCUT2D eigenvalue weighted by atomic mass is 32.1. The van der Waals surface area contributed by atoms with Crippen LogP contribution in [0.4, 0.5) is 0 Å². The molecule has 0 saturated carbocycles. The second kappa shape index (κ2) is 7.48. The molecule has 3 rings (SSSR count). The molecule has 25 heavy (non-hydrogen) atoms. The van der Waals surface area contributed by atoms with Crippen LogP contribution >= 0.6 is 11.3 Å². The quantitative estimate of drug-likeness (QED) is 0.859. The SMILES string of the molecule is COc1ccc(C2=NN(C(=O)CCC(=O)O)[C@@H](c3cccs3)C2)cc1. The van der Waals surface area contributed by atoms with Crippen molar-refractivity contribution in [3.05, 3.63) is 52.2 Å². The average Bonchev–Trinajstić information content (AvgIpc) is 3.29. The molecule has 0 bridgehead atoms. The summed E-state index contributed by atoms with van der Waals surface area (Å²) >= 11 is 1.57. The molecule has 1 aliphatic heterocycles. The van der Waals surface area contributed by atoms with Gasteiger partial charge in [-0.05, 0) is 41.3 Å². The number of hydrazone groups is 1. The van der Waals surface area contributed by atoms with E-state index in [0.29, 0.717) is 6.42 Å². The number of carboxylic acid groups (broad SMARTS) is 1. The lowest BCUT2D eigenvalue weighted by Crippen LogP contribution is -2.26. The summed E-state index contributed by atoms with van der Waals surface area (Å²) in [5.74, 6) is -0.504. The number of methoxy groups -OCH3 is 1. The fourth-order valence-electron chi connectivity index (χ4n) is 2.73. The zero-order valence-corrected chi connectivity index (χ0v) is 14.5. The number of carbonyl (C=O) groups excluding carboxylic acids is 1. The molecule has 2 aromatic rings. The third-order valence-electron chi connectivity index (χ3n) is 4.01. The largest absolute Gasteiger partial charge is 0.497 e. The highest BCUT2D eigenvalue weighted by Gasteiger charge is 2.33. The zero-order valence-electron chi connectivity index (χ0n) is 13.7. The standard InChI is InChI=1S/C18H18N2O4S/c1-24-13-6-4-12(5-7-13)14-11-15(16-3-2-10-25-16)20(19-14)17(21)8-9-18(22)23/h2-7,10,15H,8-9,11H2,1H3,(H,22,23)/t15-/m1/s1. The highest BCUT2D eigenvalue weighted by Crippen LogP contribution is 2.35. The molecule has 7 heteroatoms. The molecule has 130 valence electrons. The molecule has 1 atom stereocenters. The maximum absolute atomic E-state index is 12.5. The van der Waals surface area contributed by atoms with Gasteiger partial charge < -0.3 is 9.84 Å². The van der Waals surface area contributed by atoms with Crippen LogP contribution < -0.4 is 4.74 Å². The van der Waals surface area contributed by atoms with Crippen molar-refractivity contribution in [2.45, 2.75) is 25.3 Å². The van der Waals surface area contributed by atoms with Gasteiger partial charge in [-0.25, -0.2) is 5.01 Å². The van der Waals surface area contributed by atoms with Crippen LogP contribution in [0.25, 0.3) is 0 Å². The predicted octanol–water partition coefficient (Wildman–Crippen LogP) is 3.30. The number of ether oxygens (including phenoxy) is 1. The first-order valence-electron chi connectivity index (χ1n) is 7.87. The molecule has 0 fully saturated rings. The van der Waals surface area contributed by atoms with E-state index in [1.165, 1.54) is 5.01 Å². The van der Waals surface area contributed by atoms with E-state index in [4.69, 9.17) is 9.84 Å². The molecule has 6 nitrogen and oxygen atoms in total. The van der Waals surface area contributed by atoms with Crippen LogP contribution in [0.5, 0.6) is 5.75 Å². The Bertz CT molecular complexity index is 784. The first kappa shape index (κ1) is 17.2. The number of amides is 1. The smallest absolute Gasteiger partial charge is 0.303 e. The fourth-order valence-corrected chi connectivity index (χ4v) is 3.54. The summed E-state index contributed by atoms with van der Waals surface area (Å²) in [6, 6.07) is 11.3. The third kappa shape index (κ3) is 3.88. The van der Waals surface area contributed by atoms with E-state index in [1.807, 2.05) is 41.8 Å². The molecule has 1 aromatic heterocycles. The topological polar surface area (TPSA) is 79.2 Å². The van der Waals surface area contributed by atoms with E-state index in [-0.39, 0.29) is 24.8 Å². The monoisotopic (exact) mass is 358 g/mol. The summed E-state index contributed by atoms with van der Waals surface area (Å²) in [4.78, 5) is 24.3. The number of thiophene rings is 1. The Labute approximate surface area is 149 Å². The maximum Gasteiger partial charge on any atom is 0.303 e. The Balaban J connectivity index is 1.85. The van der Waals surface area contributed by atoms with Crippen LogP contribution in [0.1, 0.15) is 35.7 Å². The number of rotatable bonds is 6. The Morgan fingerprint density at radius 2 is 2.04 bits per heavy atom. The zero-order chi connectivity index (χ0) is 17.8. The number of nitrogens with zero attached hydrogens (tertiary/aromatic N) is 2. The Kier molecular flexibility index (Phi) is 5.14. The first-order chi connectivity index (χ1) is 12.1. The number of carboxylic acids is 1. The number of benzene rings is 1. The van der Waals surface area contributed by atoms with Crippen LogP contribution in [-0.2, 0) is 9.59 Å². The normalized spacial score (nSPS) is 16.6. The van der Waals surface area contributed by atoms with Gasteiger partial charge in [-0.3, -0.25) is 9.59 Å². The van der Waals surface area contributed by atoms with Crippen molar-refractivity contribution in [2.75, 3.05) is 7.11 Å². The van der Waals surface area contributed by atoms with Crippen molar-refractivity contribution < 1.29 is 19.4 Å². The minimum atomic E-state index is -0.987. The van der Waals surface area contributed by atoms with Crippen LogP contribution in [0.2, 0.25) is 0 Å². The van der Waals surface area contributed by atoms with E-state index in [9.17, 15) is 9.59 Å². The van der Waals surface area contributed by atoms with E-state index in [0.717, 1.165) is 21.9 Å². The van der Waals surface area contributed by atoms with E-state index in [2.05, 4.69) is 5.10 Å². The molecule has 0 spiro atoms. The van der Waals surface area contributed by atoms with Crippen molar-refractivity contribution in [3.8, 4) is 5.75 Å². The summed E-state index contributed by atoms with van der Waals surface area (Å²) in [6.45, 7) is 0. The molecular formula is C18H18N2O4S. The van der Waals surface area contributed by atoms with Gasteiger partial charge in [0.2, 0.25) is 5.91 Å². The van der Waals surface area contributed by atoms with Gasteiger partial charge in [0.05, 0.1) is 25.3 Å². The highest BCUT2D eigenvalue weighted by molar-refractivity contribution is 7.10. The van der Waals surface area contributed by atoms with Gasteiger partial charge in [-0.1, -0.05) is 6.07 Å². The van der Waals surface area contributed by atoms with Gasteiger partial charge in [0, 0.05) is 17.7 Å². The molecule has 0 aliphatic carbocycles. The van der Waals surface area contributed by atoms with Crippen molar-refractivity contribution in [2.24, 2.45) is 5.10 Å². The number of aliphatic carboxylic acids is 1. The second-order valence-electron chi connectivity index (χ2n) is 5.64. The van der Waals surface area contributed by atoms with Gasteiger partial charge in [-0.15, -0.1) is 11.3 Å². The van der Waals surface area contributed by atoms with Gasteiger partial charge in [0.1, 0.15) is 5.75 Å². The molecule has 1 N–H and O–H groups in total. The number of hydrogen-bond donors (Lipinski definition) is 1. The van der Waals surface area contributed by atoms with Crippen LogP contribution in [0.3, 0.4) is 0 Å². The Morgan fingerprint density at radius 1 is 1.28 bits per heavy atom. The minimum Gasteiger partial charge on any atom is -0.497 e. The van der Waals surface area contributed by atoms with Crippen molar-refractivity contribution >= 4 is 28.9 Å². The Hall–Kier alpha value is -2.67. The molecule has 1 aromatic carbocycles. The third-order valence-corrected chi connectivity index (χ3v) is 4.99. The van der Waals surface area contributed by atoms with E-state index < -0.39 is 5.97 Å². The lowest BCUT2D eigenvalue weighted by Gasteiger charge is -2.20. The predicted molar refractivity (Wildman–Crippen MR) is 94.9 cm³/mol. The Morgan fingerprint density at radius 3 is 2.64 bits per heavy atom. The van der Waals surface area contributed by atoms with Gasteiger partial charge in [0.25, 0.3) is 0 Å². The average molecular weight is 358 g/mol. The van der Waals surface area contributed by atoms with E-state index in [1.54, 1.807) is 18.4 Å². The van der Waals surface area contributed by atoms with Gasteiger partial charge in [0.15, 0.2) is 0 Å². The molecule has 0 unspecified atom stereocenters. The fraction of sp³-hybridized carbons (Fsp3) is 0.278. The minimum absolute atomic E-state index is 0.0589. The molecule has 0 radical (unpaired) electrons. The molecule has 1 amide bonds. The number of hydrogen-bond acceptors (Lipinski definition) is 5. The van der Waals surface area contributed by atoms with Gasteiger partial charge >= 0.3 is 5.97 Å². The molecular weight excluding hydrogens is 340 g/mol. The van der Waals surface area contributed by atoms with Crippen molar-refractivity contribution in [3.63, 3.8) is 0 Å². The second-order valence-corrected chi connectivity index (χ2v) is 6.62. The van der Waals surface area contributed by atoms with Crippen molar-refractivity contribution in [1.29, 1.82) is 0 Å². The summed E-state index contributed by atoms with van der Waals surface area (Å²) in [6.07, 6.45) is 0.349. The molecule has 0 saturated heterocycles. The van der Waals surface area contributed by atoms with E-state index >= 15 is 0 Å². The summed E-state index contributed by atoms with van der Waals surface area (Å²) in [5.41, 5.74) is 1.74. The molecule has 1 aliphatic rings. The van der Waals surface area contributed by atoms with Gasteiger partial charge in [-0.2, -0.15) is 5.10 Å². The first-order valence-corrected chi connectivity index (χ1v) is 8.75. The van der Waals surface area contributed by atoms with Crippen LogP contribution in [-0.4, -0.2) is 34.8 Å². The summed E-state index contributed by atoms with van der Waals surface area (Å²) < 4.78 is 5.17. The summed E-state index contributed by atoms with van der Waals surface area (Å²) in [7, 11) is 1.61. The maximum atomic E-state index is 12.5.